The number of aliphatic hydroxyl groups excluding tert-OH is 1. The number of methoxy groups -OCH3 is 2. The van der Waals surface area contributed by atoms with Crippen molar-refractivity contribution < 1.29 is 29.3 Å². The summed E-state index contributed by atoms with van der Waals surface area (Å²) in [6.45, 7) is 10.0. The van der Waals surface area contributed by atoms with Crippen LogP contribution in [0.25, 0.3) is 11.1 Å². The third kappa shape index (κ3) is 8.40. The van der Waals surface area contributed by atoms with E-state index < -0.39 is 17.1 Å². The van der Waals surface area contributed by atoms with Crippen molar-refractivity contribution in [3.05, 3.63) is 130 Å². The first-order valence-electron chi connectivity index (χ1n) is 23.1. The van der Waals surface area contributed by atoms with E-state index in [1.807, 2.05) is 83.8 Å². The summed E-state index contributed by atoms with van der Waals surface area (Å²) in [6.07, 6.45) is 9.90. The molecule has 2 N–H and O–H groups in total. The van der Waals surface area contributed by atoms with E-state index in [1.54, 1.807) is 14.2 Å². The standard InChI is InChI=1S/C55H67NO6/c1-36-13-12-27-54(4)47(44-24-19-37(29-42(57)23-18-36)30-46(44)52(59)45-17-11-10-16-43(45)39-14-8-7-9-15-39)26-28-55(54,60)35-56(34-40-21-22-41-33-48(40)53(41,2)3)51(58)32-38-20-25-49(61-5)50(31-38)62-6/h7-11,13-17,19-20,24-25,30-31,40-42,47-48,57,60H,12,18,21-23,26-29,32-35H2,1-6H3. The zero-order chi connectivity index (χ0) is 43.8. The highest BCUT2D eigenvalue weighted by atomic mass is 16.5. The summed E-state index contributed by atoms with van der Waals surface area (Å²) >= 11 is 0. The molecule has 4 fully saturated rings. The van der Waals surface area contributed by atoms with E-state index in [9.17, 15) is 15.0 Å². The zero-order valence-electron chi connectivity index (χ0n) is 37.8. The first kappa shape index (κ1) is 43.9. The lowest BCUT2D eigenvalue weighted by atomic mass is 9.45. The van der Waals surface area contributed by atoms with Gasteiger partial charge in [0, 0.05) is 29.6 Å². The SMILES string of the molecule is COc1ccc(CC(=O)N(CC2CCC3CC2C3(C)C)CC2(O)CCC3c4ccc(cc4C(=O)c4ccccc4-c4ccccc4)CC(O)CCC(C)=CCCC32C)cc1OC. The van der Waals surface area contributed by atoms with Crippen LogP contribution in [-0.2, 0) is 17.6 Å². The Morgan fingerprint density at radius 1 is 0.823 bits per heavy atom. The zero-order valence-corrected chi connectivity index (χ0v) is 37.8. The fraction of sp³-hybridized carbons (Fsp3) is 0.491. The molecule has 6 aliphatic carbocycles. The van der Waals surface area contributed by atoms with E-state index in [-0.39, 0.29) is 36.0 Å². The molecule has 4 saturated carbocycles. The van der Waals surface area contributed by atoms with Gasteiger partial charge in [0.05, 0.1) is 32.3 Å². The number of fused-ring (bicyclic) bond motifs is 10. The lowest BCUT2D eigenvalue weighted by Crippen LogP contribution is -2.58. The van der Waals surface area contributed by atoms with Gasteiger partial charge >= 0.3 is 0 Å². The van der Waals surface area contributed by atoms with Crippen molar-refractivity contribution in [2.75, 3.05) is 27.3 Å². The van der Waals surface area contributed by atoms with Gasteiger partial charge in [-0.25, -0.2) is 0 Å². The molecule has 328 valence electrons. The average molecular weight is 838 g/mol. The molecule has 7 unspecified atom stereocenters. The first-order valence-corrected chi connectivity index (χ1v) is 23.1. The molecule has 1 amide bonds. The Morgan fingerprint density at radius 2 is 1.58 bits per heavy atom. The summed E-state index contributed by atoms with van der Waals surface area (Å²) in [5.41, 5.74) is 5.40. The van der Waals surface area contributed by atoms with E-state index in [2.05, 4.69) is 45.9 Å². The number of carbonyl (C=O) groups is 2. The third-order valence-corrected chi connectivity index (χ3v) is 16.2. The Kier molecular flexibility index (Phi) is 12.6. The fourth-order valence-electron chi connectivity index (χ4n) is 12.2. The quantitative estimate of drug-likeness (QED) is 0.115. The second kappa shape index (κ2) is 17.8. The van der Waals surface area contributed by atoms with E-state index >= 15 is 4.79 Å². The lowest BCUT2D eigenvalue weighted by molar-refractivity contribution is -0.149. The van der Waals surface area contributed by atoms with Gasteiger partial charge in [-0.15, -0.1) is 0 Å². The van der Waals surface area contributed by atoms with Crippen LogP contribution in [0.15, 0.2) is 103 Å². The molecule has 0 heterocycles. The number of amides is 1. The number of allylic oxidation sites excluding steroid dienone is 2. The summed E-state index contributed by atoms with van der Waals surface area (Å²) in [4.78, 5) is 32.1. The minimum atomic E-state index is -1.23. The number of hydrogen-bond acceptors (Lipinski definition) is 6. The van der Waals surface area contributed by atoms with Gasteiger partial charge in [0.1, 0.15) is 0 Å². The summed E-state index contributed by atoms with van der Waals surface area (Å²) in [7, 11) is 3.22. The van der Waals surface area contributed by atoms with Crippen molar-refractivity contribution in [3.8, 4) is 22.6 Å². The van der Waals surface area contributed by atoms with Crippen molar-refractivity contribution in [3.63, 3.8) is 0 Å². The highest BCUT2D eigenvalue weighted by Gasteiger charge is 2.59. The molecule has 0 spiro atoms. The summed E-state index contributed by atoms with van der Waals surface area (Å²) in [5.74, 6) is 2.65. The fourth-order valence-corrected chi connectivity index (χ4v) is 12.2. The molecule has 10 rings (SSSR count). The predicted molar refractivity (Wildman–Crippen MR) is 247 cm³/mol. The molecular formula is C55H67NO6. The number of ketones is 1. The predicted octanol–water partition coefficient (Wildman–Crippen LogP) is 10.8. The van der Waals surface area contributed by atoms with Crippen molar-refractivity contribution in [1.82, 2.24) is 4.90 Å². The maximum atomic E-state index is 15.2. The molecule has 7 heteroatoms. The van der Waals surface area contributed by atoms with Crippen LogP contribution in [-0.4, -0.2) is 65.8 Å². The van der Waals surface area contributed by atoms with Crippen molar-refractivity contribution >= 4 is 11.7 Å². The Labute approximate surface area is 369 Å². The molecular weight excluding hydrogens is 771 g/mol. The summed E-state index contributed by atoms with van der Waals surface area (Å²) in [6, 6.07) is 29.8. The van der Waals surface area contributed by atoms with Crippen LogP contribution in [0.4, 0.5) is 0 Å². The number of hydrogen-bond donors (Lipinski definition) is 2. The van der Waals surface area contributed by atoms with Crippen LogP contribution in [0, 0.1) is 28.6 Å². The smallest absolute Gasteiger partial charge is 0.227 e. The highest BCUT2D eigenvalue weighted by molar-refractivity contribution is 6.13. The molecule has 4 aromatic carbocycles. The maximum Gasteiger partial charge on any atom is 0.227 e. The van der Waals surface area contributed by atoms with E-state index in [0.717, 1.165) is 53.0 Å². The van der Waals surface area contributed by atoms with E-state index in [4.69, 9.17) is 9.47 Å². The number of rotatable bonds is 11. The molecule has 0 aliphatic heterocycles. The summed E-state index contributed by atoms with van der Waals surface area (Å²) in [5, 5.41) is 24.7. The average Bonchev–Trinajstić information content (AvgIpc) is 3.53. The summed E-state index contributed by atoms with van der Waals surface area (Å²) < 4.78 is 11.1. The Bertz CT molecular complexity index is 2300. The van der Waals surface area contributed by atoms with Crippen LogP contribution < -0.4 is 9.47 Å². The molecule has 0 aromatic heterocycles. The minimum absolute atomic E-state index is 0.00452. The van der Waals surface area contributed by atoms with Gasteiger partial charge in [-0.2, -0.15) is 0 Å². The lowest BCUT2D eigenvalue weighted by Gasteiger charge is -2.61. The normalized spacial score (nSPS) is 27.9. The molecule has 7 atom stereocenters. The number of nitrogens with zero attached hydrogens (tertiary/aromatic N) is 1. The van der Waals surface area contributed by atoms with Gasteiger partial charge in [0.25, 0.3) is 0 Å². The van der Waals surface area contributed by atoms with Gasteiger partial charge in [0.2, 0.25) is 5.91 Å². The topological polar surface area (TPSA) is 96.3 Å². The number of benzene rings is 4. The van der Waals surface area contributed by atoms with Crippen LogP contribution in [0.5, 0.6) is 11.5 Å². The minimum Gasteiger partial charge on any atom is -0.493 e. The largest absolute Gasteiger partial charge is 0.493 e. The van der Waals surface area contributed by atoms with Gasteiger partial charge in [-0.1, -0.05) is 105 Å². The molecule has 0 radical (unpaired) electrons. The van der Waals surface area contributed by atoms with Crippen LogP contribution in [0.3, 0.4) is 0 Å². The second-order valence-corrected chi connectivity index (χ2v) is 20.0. The van der Waals surface area contributed by atoms with Crippen molar-refractivity contribution in [2.24, 2.45) is 28.6 Å². The Hall–Kier alpha value is -4.72. The van der Waals surface area contributed by atoms with E-state index in [1.165, 1.54) is 18.4 Å². The molecule has 0 saturated heterocycles. The number of carbonyl (C=O) groups excluding carboxylic acids is 2. The molecule has 7 nitrogen and oxygen atoms in total. The van der Waals surface area contributed by atoms with Gasteiger partial charge in [-0.05, 0) is 146 Å². The molecule has 6 aliphatic rings. The Balaban J connectivity index is 1.19. The van der Waals surface area contributed by atoms with Crippen LogP contribution >= 0.6 is 0 Å². The van der Waals surface area contributed by atoms with Gasteiger partial charge in [0.15, 0.2) is 17.3 Å². The van der Waals surface area contributed by atoms with E-state index in [0.29, 0.717) is 73.1 Å². The monoisotopic (exact) mass is 837 g/mol. The molecule has 4 aromatic rings. The number of ether oxygens (including phenoxy) is 2. The highest BCUT2D eigenvalue weighted by Crippen LogP contribution is 2.62. The Morgan fingerprint density at radius 3 is 2.32 bits per heavy atom. The maximum absolute atomic E-state index is 15.2. The van der Waals surface area contributed by atoms with Crippen LogP contribution in [0.1, 0.15) is 124 Å². The second-order valence-electron chi connectivity index (χ2n) is 20.0. The molecule has 62 heavy (non-hydrogen) atoms. The van der Waals surface area contributed by atoms with Gasteiger partial charge < -0.3 is 24.6 Å². The van der Waals surface area contributed by atoms with Crippen molar-refractivity contribution in [1.29, 1.82) is 0 Å². The molecule has 4 bridgehead atoms. The third-order valence-electron chi connectivity index (χ3n) is 16.2. The number of aliphatic hydroxyl groups is 2. The van der Waals surface area contributed by atoms with Crippen LogP contribution in [0.2, 0.25) is 0 Å². The first-order chi connectivity index (χ1) is 29.7. The van der Waals surface area contributed by atoms with Crippen molar-refractivity contribution in [2.45, 2.75) is 116 Å². The van der Waals surface area contributed by atoms with Gasteiger partial charge in [-0.3, -0.25) is 9.59 Å².